The standard InChI is InChI=1S/C29H35ClN2O2/c1-2-34-28(33)23-6-10-26(11-7-23)32-18-16-31(17-19-32)21-24-12-15-29(13-3-14-29)20-27(24)22-4-8-25(30)9-5-22/h4-11H,2-3,12-21H2,1H3. The van der Waals surface area contributed by atoms with Gasteiger partial charge in [-0.2, -0.15) is 0 Å². The van der Waals surface area contributed by atoms with Crippen LogP contribution < -0.4 is 4.90 Å². The highest BCUT2D eigenvalue weighted by Gasteiger charge is 2.40. The van der Waals surface area contributed by atoms with Crippen LogP contribution in [0.1, 0.15) is 61.4 Å². The summed E-state index contributed by atoms with van der Waals surface area (Å²) in [7, 11) is 0. The van der Waals surface area contributed by atoms with E-state index in [1.54, 1.807) is 11.1 Å². The minimum absolute atomic E-state index is 0.250. The maximum absolute atomic E-state index is 11.9. The van der Waals surface area contributed by atoms with Crippen LogP contribution in [0.4, 0.5) is 5.69 Å². The van der Waals surface area contributed by atoms with Crippen molar-refractivity contribution in [3.63, 3.8) is 0 Å². The molecular formula is C29H35ClN2O2. The first-order chi connectivity index (χ1) is 16.5. The van der Waals surface area contributed by atoms with Crippen molar-refractivity contribution in [2.75, 3.05) is 44.2 Å². The van der Waals surface area contributed by atoms with Gasteiger partial charge in [-0.25, -0.2) is 4.79 Å². The monoisotopic (exact) mass is 478 g/mol. The Morgan fingerprint density at radius 2 is 1.68 bits per heavy atom. The van der Waals surface area contributed by atoms with Crippen molar-refractivity contribution in [3.05, 3.63) is 70.3 Å². The molecule has 1 saturated heterocycles. The number of piperazine rings is 1. The molecule has 5 heteroatoms. The number of hydrogen-bond donors (Lipinski definition) is 0. The third-order valence-corrected chi connectivity index (χ3v) is 8.32. The fourth-order valence-electron chi connectivity index (χ4n) is 5.85. The number of benzene rings is 2. The highest BCUT2D eigenvalue weighted by molar-refractivity contribution is 6.30. The van der Waals surface area contributed by atoms with Crippen molar-refractivity contribution in [2.45, 2.75) is 45.4 Å². The van der Waals surface area contributed by atoms with Gasteiger partial charge in [0.2, 0.25) is 0 Å². The van der Waals surface area contributed by atoms with E-state index >= 15 is 0 Å². The van der Waals surface area contributed by atoms with E-state index in [2.05, 4.69) is 21.9 Å². The number of anilines is 1. The van der Waals surface area contributed by atoms with E-state index in [0.29, 0.717) is 17.6 Å². The Labute approximate surface area is 208 Å². The summed E-state index contributed by atoms with van der Waals surface area (Å²) in [6, 6.07) is 16.3. The molecule has 3 aliphatic rings. The summed E-state index contributed by atoms with van der Waals surface area (Å²) in [6.45, 7) is 7.44. The van der Waals surface area contributed by atoms with Crippen molar-refractivity contribution in [2.24, 2.45) is 5.41 Å². The highest BCUT2D eigenvalue weighted by Crippen LogP contribution is 2.55. The summed E-state index contributed by atoms with van der Waals surface area (Å²) in [5.74, 6) is -0.250. The van der Waals surface area contributed by atoms with Crippen molar-refractivity contribution in [1.82, 2.24) is 4.90 Å². The molecule has 1 heterocycles. The molecule has 2 aromatic carbocycles. The van der Waals surface area contributed by atoms with Crippen LogP contribution >= 0.6 is 11.6 Å². The number of halogens is 1. The van der Waals surface area contributed by atoms with Gasteiger partial charge in [-0.05, 0) is 92.0 Å². The zero-order valence-corrected chi connectivity index (χ0v) is 20.9. The smallest absolute Gasteiger partial charge is 0.338 e. The van der Waals surface area contributed by atoms with Gasteiger partial charge >= 0.3 is 5.97 Å². The molecule has 2 aromatic rings. The topological polar surface area (TPSA) is 32.8 Å². The lowest BCUT2D eigenvalue weighted by Crippen LogP contribution is -2.47. The first kappa shape index (κ1) is 23.4. The molecule has 2 fully saturated rings. The van der Waals surface area contributed by atoms with Crippen LogP contribution in [0, 0.1) is 5.41 Å². The van der Waals surface area contributed by atoms with E-state index in [9.17, 15) is 4.79 Å². The van der Waals surface area contributed by atoms with E-state index in [0.717, 1.165) is 37.7 Å². The minimum Gasteiger partial charge on any atom is -0.462 e. The summed E-state index contributed by atoms with van der Waals surface area (Å²) in [5, 5.41) is 0.812. The zero-order chi connectivity index (χ0) is 23.5. The number of carbonyl (C=O) groups excluding carboxylic acids is 1. The van der Waals surface area contributed by atoms with Gasteiger partial charge in [0.05, 0.1) is 12.2 Å². The Hall–Kier alpha value is -2.30. The Kier molecular flexibility index (Phi) is 6.99. The zero-order valence-electron chi connectivity index (χ0n) is 20.2. The minimum atomic E-state index is -0.250. The van der Waals surface area contributed by atoms with Crippen LogP contribution in [0.3, 0.4) is 0 Å². The van der Waals surface area contributed by atoms with E-state index in [1.807, 2.05) is 43.3 Å². The second-order valence-electron chi connectivity index (χ2n) is 10.1. The first-order valence-electron chi connectivity index (χ1n) is 12.8. The average molecular weight is 479 g/mol. The SMILES string of the molecule is CCOC(=O)c1ccc(N2CCN(CC3=C(c4ccc(Cl)cc4)CC4(CCC4)CC3)CC2)cc1. The predicted molar refractivity (Wildman–Crippen MR) is 140 cm³/mol. The Bertz CT molecular complexity index is 1030. The lowest BCUT2D eigenvalue weighted by Gasteiger charge is -2.47. The number of carbonyl (C=O) groups is 1. The van der Waals surface area contributed by atoms with Crippen molar-refractivity contribution < 1.29 is 9.53 Å². The third kappa shape index (κ3) is 5.04. The second-order valence-corrected chi connectivity index (χ2v) is 10.6. The lowest BCUT2D eigenvalue weighted by molar-refractivity contribution is 0.0526. The Balaban J connectivity index is 1.24. The molecule has 5 rings (SSSR count). The van der Waals surface area contributed by atoms with Crippen LogP contribution in [-0.2, 0) is 4.74 Å². The molecule has 0 N–H and O–H groups in total. The fourth-order valence-corrected chi connectivity index (χ4v) is 5.97. The number of nitrogens with zero attached hydrogens (tertiary/aromatic N) is 2. The molecule has 1 saturated carbocycles. The maximum Gasteiger partial charge on any atom is 0.338 e. The summed E-state index contributed by atoms with van der Waals surface area (Å²) in [4.78, 5) is 17.0. The van der Waals surface area contributed by atoms with Crippen LogP contribution in [0.5, 0.6) is 0 Å². The normalized spacial score (nSPS) is 20.4. The first-order valence-corrected chi connectivity index (χ1v) is 13.1. The van der Waals surface area contributed by atoms with Gasteiger partial charge < -0.3 is 9.64 Å². The molecule has 0 radical (unpaired) electrons. The fraction of sp³-hybridized carbons (Fsp3) is 0.483. The van der Waals surface area contributed by atoms with Crippen molar-refractivity contribution >= 4 is 28.8 Å². The van der Waals surface area contributed by atoms with E-state index in [-0.39, 0.29) is 5.97 Å². The average Bonchev–Trinajstić information content (AvgIpc) is 2.85. The van der Waals surface area contributed by atoms with Crippen molar-refractivity contribution in [1.29, 1.82) is 0 Å². The van der Waals surface area contributed by atoms with Gasteiger partial charge in [0, 0.05) is 43.4 Å². The van der Waals surface area contributed by atoms with Gasteiger partial charge in [0.1, 0.15) is 0 Å². The second kappa shape index (κ2) is 10.1. The molecule has 0 amide bonds. The van der Waals surface area contributed by atoms with Crippen LogP contribution in [0.2, 0.25) is 5.02 Å². The van der Waals surface area contributed by atoms with Gasteiger partial charge in [0.25, 0.3) is 0 Å². The van der Waals surface area contributed by atoms with Gasteiger partial charge in [-0.15, -0.1) is 0 Å². The van der Waals surface area contributed by atoms with E-state index < -0.39 is 0 Å². The quantitative estimate of drug-likeness (QED) is 0.447. The highest BCUT2D eigenvalue weighted by atomic mass is 35.5. The molecule has 4 nitrogen and oxygen atoms in total. The molecule has 0 unspecified atom stereocenters. The molecule has 1 spiro atoms. The predicted octanol–water partition coefficient (Wildman–Crippen LogP) is 6.45. The van der Waals surface area contributed by atoms with E-state index in [1.165, 1.54) is 49.8 Å². The molecule has 180 valence electrons. The summed E-state index contributed by atoms with van der Waals surface area (Å²) in [6.07, 6.45) is 8.00. The molecule has 0 bridgehead atoms. The number of rotatable bonds is 6. The third-order valence-electron chi connectivity index (χ3n) is 8.07. The molecule has 0 atom stereocenters. The van der Waals surface area contributed by atoms with Gasteiger partial charge in [-0.3, -0.25) is 4.90 Å². The summed E-state index contributed by atoms with van der Waals surface area (Å²) in [5.41, 5.74) is 6.94. The molecule has 0 aromatic heterocycles. The van der Waals surface area contributed by atoms with E-state index in [4.69, 9.17) is 16.3 Å². The number of allylic oxidation sites excluding steroid dienone is 1. The molecule has 34 heavy (non-hydrogen) atoms. The number of ether oxygens (including phenoxy) is 1. The number of esters is 1. The van der Waals surface area contributed by atoms with Crippen LogP contribution in [0.25, 0.3) is 5.57 Å². The largest absolute Gasteiger partial charge is 0.462 e. The van der Waals surface area contributed by atoms with Crippen LogP contribution in [0.15, 0.2) is 54.1 Å². The lowest BCUT2D eigenvalue weighted by atomic mass is 9.59. The van der Waals surface area contributed by atoms with Crippen LogP contribution in [-0.4, -0.2) is 50.2 Å². The summed E-state index contributed by atoms with van der Waals surface area (Å²) < 4.78 is 5.10. The Morgan fingerprint density at radius 3 is 2.29 bits per heavy atom. The maximum atomic E-state index is 11.9. The van der Waals surface area contributed by atoms with Gasteiger partial charge in [0.15, 0.2) is 0 Å². The van der Waals surface area contributed by atoms with Gasteiger partial charge in [-0.1, -0.05) is 35.7 Å². The van der Waals surface area contributed by atoms with Crippen molar-refractivity contribution in [3.8, 4) is 0 Å². The number of hydrogen-bond acceptors (Lipinski definition) is 4. The summed E-state index contributed by atoms with van der Waals surface area (Å²) >= 11 is 6.19. The molecular weight excluding hydrogens is 444 g/mol. The Morgan fingerprint density at radius 1 is 0.971 bits per heavy atom. The molecule has 1 aliphatic heterocycles. The molecule has 2 aliphatic carbocycles.